The average Bonchev–Trinajstić information content (AvgIpc) is 2.14. The molecule has 0 atom stereocenters. The molecular formula is C12H18ClNO. The van der Waals surface area contributed by atoms with E-state index in [-0.39, 0.29) is 5.54 Å². The van der Waals surface area contributed by atoms with Gasteiger partial charge in [-0.2, -0.15) is 0 Å². The first-order valence-electron chi connectivity index (χ1n) is 5.04. The molecule has 0 saturated carbocycles. The van der Waals surface area contributed by atoms with E-state index in [0.29, 0.717) is 0 Å². The summed E-state index contributed by atoms with van der Waals surface area (Å²) in [4.78, 5) is 0. The van der Waals surface area contributed by atoms with E-state index in [0.717, 1.165) is 29.2 Å². The van der Waals surface area contributed by atoms with E-state index < -0.39 is 0 Å². The van der Waals surface area contributed by atoms with Gasteiger partial charge in [0.05, 0.1) is 7.11 Å². The topological polar surface area (TPSA) is 35.2 Å². The van der Waals surface area contributed by atoms with Gasteiger partial charge in [-0.3, -0.25) is 0 Å². The highest BCUT2D eigenvalue weighted by atomic mass is 35.5. The van der Waals surface area contributed by atoms with Gasteiger partial charge in [0.1, 0.15) is 5.75 Å². The number of nitrogens with two attached hydrogens (primary N) is 1. The minimum absolute atomic E-state index is 0.176. The minimum atomic E-state index is -0.176. The Morgan fingerprint density at radius 1 is 1.40 bits per heavy atom. The van der Waals surface area contributed by atoms with Gasteiger partial charge in [0, 0.05) is 16.1 Å². The molecule has 0 unspecified atom stereocenters. The monoisotopic (exact) mass is 227 g/mol. The summed E-state index contributed by atoms with van der Waals surface area (Å²) in [5.41, 5.74) is 6.81. The summed E-state index contributed by atoms with van der Waals surface area (Å²) in [6, 6.07) is 5.69. The Morgan fingerprint density at radius 3 is 2.60 bits per heavy atom. The zero-order chi connectivity index (χ0) is 11.5. The van der Waals surface area contributed by atoms with Gasteiger partial charge in [-0.1, -0.05) is 17.7 Å². The molecule has 1 aromatic carbocycles. The van der Waals surface area contributed by atoms with Crippen LogP contribution in [-0.4, -0.2) is 12.6 Å². The quantitative estimate of drug-likeness (QED) is 0.858. The standard InChI is InChI=1S/C12H18ClNO/c1-12(2,14)8-7-9-10(13)5-4-6-11(9)15-3/h4-6H,7-8,14H2,1-3H3. The van der Waals surface area contributed by atoms with Crippen molar-refractivity contribution in [1.82, 2.24) is 0 Å². The Labute approximate surface area is 96.4 Å². The molecule has 0 bridgehead atoms. The molecule has 84 valence electrons. The SMILES string of the molecule is COc1cccc(Cl)c1CCC(C)(C)N. The van der Waals surface area contributed by atoms with E-state index in [1.54, 1.807) is 7.11 Å². The molecule has 0 amide bonds. The highest BCUT2D eigenvalue weighted by Crippen LogP contribution is 2.28. The van der Waals surface area contributed by atoms with E-state index in [1.807, 2.05) is 32.0 Å². The summed E-state index contributed by atoms with van der Waals surface area (Å²) in [5.74, 6) is 0.840. The first kappa shape index (κ1) is 12.3. The van der Waals surface area contributed by atoms with E-state index in [1.165, 1.54) is 0 Å². The number of halogens is 1. The van der Waals surface area contributed by atoms with Crippen LogP contribution < -0.4 is 10.5 Å². The lowest BCUT2D eigenvalue weighted by molar-refractivity contribution is 0.404. The minimum Gasteiger partial charge on any atom is -0.496 e. The first-order valence-corrected chi connectivity index (χ1v) is 5.42. The maximum atomic E-state index is 6.12. The lowest BCUT2D eigenvalue weighted by Gasteiger charge is -2.19. The van der Waals surface area contributed by atoms with Gasteiger partial charge in [-0.15, -0.1) is 0 Å². The molecule has 0 aromatic heterocycles. The number of rotatable bonds is 4. The maximum Gasteiger partial charge on any atom is 0.123 e. The Morgan fingerprint density at radius 2 is 2.07 bits per heavy atom. The van der Waals surface area contributed by atoms with Crippen molar-refractivity contribution < 1.29 is 4.74 Å². The van der Waals surface area contributed by atoms with Crippen LogP contribution in [0.15, 0.2) is 18.2 Å². The molecule has 3 heteroatoms. The van der Waals surface area contributed by atoms with E-state index in [2.05, 4.69) is 0 Å². The smallest absolute Gasteiger partial charge is 0.123 e. The molecule has 0 aliphatic rings. The van der Waals surface area contributed by atoms with Gasteiger partial charge < -0.3 is 10.5 Å². The van der Waals surface area contributed by atoms with Crippen molar-refractivity contribution in [2.45, 2.75) is 32.2 Å². The van der Waals surface area contributed by atoms with Crippen LogP contribution in [0.3, 0.4) is 0 Å². The zero-order valence-electron chi connectivity index (χ0n) is 9.51. The third kappa shape index (κ3) is 3.73. The van der Waals surface area contributed by atoms with Crippen molar-refractivity contribution in [3.63, 3.8) is 0 Å². The third-order valence-corrected chi connectivity index (χ3v) is 2.67. The van der Waals surface area contributed by atoms with Crippen molar-refractivity contribution >= 4 is 11.6 Å². The Balaban J connectivity index is 2.83. The fourth-order valence-electron chi connectivity index (χ4n) is 1.42. The molecule has 2 N–H and O–H groups in total. The molecule has 0 fully saturated rings. The summed E-state index contributed by atoms with van der Waals surface area (Å²) >= 11 is 6.12. The Hall–Kier alpha value is -0.730. The zero-order valence-corrected chi connectivity index (χ0v) is 10.3. The second-order valence-corrected chi connectivity index (χ2v) is 4.82. The average molecular weight is 228 g/mol. The van der Waals surface area contributed by atoms with Gasteiger partial charge in [0.2, 0.25) is 0 Å². The van der Waals surface area contributed by atoms with E-state index >= 15 is 0 Å². The summed E-state index contributed by atoms with van der Waals surface area (Å²) in [6.45, 7) is 4.02. The summed E-state index contributed by atoms with van der Waals surface area (Å²) < 4.78 is 5.27. The molecule has 0 heterocycles. The summed E-state index contributed by atoms with van der Waals surface area (Å²) in [5, 5.41) is 0.749. The summed E-state index contributed by atoms with van der Waals surface area (Å²) in [6.07, 6.45) is 1.72. The van der Waals surface area contributed by atoms with E-state index in [4.69, 9.17) is 22.1 Å². The van der Waals surface area contributed by atoms with E-state index in [9.17, 15) is 0 Å². The summed E-state index contributed by atoms with van der Waals surface area (Å²) in [7, 11) is 1.66. The molecule has 0 aliphatic heterocycles. The number of hydrogen-bond donors (Lipinski definition) is 1. The first-order chi connectivity index (χ1) is 6.94. The number of benzene rings is 1. The maximum absolute atomic E-state index is 6.12. The van der Waals surface area contributed by atoms with Gasteiger partial charge in [0.15, 0.2) is 0 Å². The van der Waals surface area contributed by atoms with Crippen LogP contribution in [0.2, 0.25) is 5.02 Å². The van der Waals surface area contributed by atoms with Crippen LogP contribution in [0.5, 0.6) is 5.75 Å². The fraction of sp³-hybridized carbons (Fsp3) is 0.500. The molecule has 1 aromatic rings. The second kappa shape index (κ2) is 4.86. The fourth-order valence-corrected chi connectivity index (χ4v) is 1.68. The van der Waals surface area contributed by atoms with Crippen molar-refractivity contribution in [2.75, 3.05) is 7.11 Å². The largest absolute Gasteiger partial charge is 0.496 e. The molecule has 1 rings (SSSR count). The Kier molecular flexibility index (Phi) is 4.00. The third-order valence-electron chi connectivity index (χ3n) is 2.32. The molecule has 0 radical (unpaired) electrons. The molecular weight excluding hydrogens is 210 g/mol. The lowest BCUT2D eigenvalue weighted by atomic mass is 9.96. The van der Waals surface area contributed by atoms with Gasteiger partial charge in [-0.25, -0.2) is 0 Å². The van der Waals surface area contributed by atoms with Gasteiger partial charge >= 0.3 is 0 Å². The Bertz CT molecular complexity index is 331. The molecule has 0 aliphatic carbocycles. The number of methoxy groups -OCH3 is 1. The van der Waals surface area contributed by atoms with Crippen molar-refractivity contribution in [3.05, 3.63) is 28.8 Å². The lowest BCUT2D eigenvalue weighted by Crippen LogP contribution is -2.32. The van der Waals surface area contributed by atoms with Crippen LogP contribution in [0, 0.1) is 0 Å². The molecule has 0 spiro atoms. The van der Waals surface area contributed by atoms with Crippen LogP contribution in [-0.2, 0) is 6.42 Å². The predicted molar refractivity (Wildman–Crippen MR) is 64.6 cm³/mol. The van der Waals surface area contributed by atoms with Crippen molar-refractivity contribution in [1.29, 1.82) is 0 Å². The van der Waals surface area contributed by atoms with Crippen molar-refractivity contribution in [2.24, 2.45) is 5.73 Å². The second-order valence-electron chi connectivity index (χ2n) is 4.41. The van der Waals surface area contributed by atoms with Gasteiger partial charge in [0.25, 0.3) is 0 Å². The van der Waals surface area contributed by atoms with Crippen molar-refractivity contribution in [3.8, 4) is 5.75 Å². The molecule has 2 nitrogen and oxygen atoms in total. The van der Waals surface area contributed by atoms with Crippen LogP contribution in [0.25, 0.3) is 0 Å². The molecule has 0 saturated heterocycles. The molecule has 15 heavy (non-hydrogen) atoms. The highest BCUT2D eigenvalue weighted by molar-refractivity contribution is 6.31. The normalized spacial score (nSPS) is 11.5. The van der Waals surface area contributed by atoms with Crippen LogP contribution in [0.4, 0.5) is 0 Å². The highest BCUT2D eigenvalue weighted by Gasteiger charge is 2.14. The van der Waals surface area contributed by atoms with Crippen LogP contribution >= 0.6 is 11.6 Å². The number of hydrogen-bond acceptors (Lipinski definition) is 2. The van der Waals surface area contributed by atoms with Crippen LogP contribution in [0.1, 0.15) is 25.8 Å². The van der Waals surface area contributed by atoms with Gasteiger partial charge in [-0.05, 0) is 38.8 Å². The predicted octanol–water partition coefficient (Wildman–Crippen LogP) is 3.02. The number of ether oxygens (including phenoxy) is 1.